The van der Waals surface area contributed by atoms with Crippen LogP contribution >= 0.6 is 0 Å². The van der Waals surface area contributed by atoms with Gasteiger partial charge in [-0.25, -0.2) is 9.97 Å². The zero-order valence-corrected chi connectivity index (χ0v) is 13.4. The second-order valence-corrected chi connectivity index (χ2v) is 5.36. The molecule has 0 saturated carbocycles. The number of hydrogen-bond acceptors (Lipinski definition) is 8. The maximum atomic E-state index is 9.98. The monoisotopic (exact) mass is 344 g/mol. The topological polar surface area (TPSA) is 118 Å². The number of aromatic hydroxyl groups is 2. The van der Waals surface area contributed by atoms with E-state index in [1.165, 1.54) is 12.4 Å². The molecule has 0 saturated heterocycles. The van der Waals surface area contributed by atoms with E-state index in [0.29, 0.717) is 22.5 Å². The zero-order chi connectivity index (χ0) is 17.9. The van der Waals surface area contributed by atoms with E-state index in [1.54, 1.807) is 48.5 Å². The molecule has 0 aliphatic rings. The van der Waals surface area contributed by atoms with Crippen molar-refractivity contribution >= 4 is 0 Å². The van der Waals surface area contributed by atoms with Gasteiger partial charge >= 0.3 is 0 Å². The largest absolute Gasteiger partial charge is 0.507 e. The molecule has 0 spiro atoms. The van der Waals surface area contributed by atoms with Crippen molar-refractivity contribution in [2.45, 2.75) is 0 Å². The molecule has 4 rings (SSSR count). The van der Waals surface area contributed by atoms with E-state index in [4.69, 9.17) is 0 Å². The molecule has 26 heavy (non-hydrogen) atoms. The molecule has 8 heteroatoms. The van der Waals surface area contributed by atoms with Crippen molar-refractivity contribution in [3.05, 3.63) is 60.9 Å². The molecule has 0 aliphatic carbocycles. The molecule has 0 unspecified atom stereocenters. The number of hydrogen-bond donors (Lipinski definition) is 2. The number of rotatable bonds is 3. The second-order valence-electron chi connectivity index (χ2n) is 5.36. The standard InChI is InChI=1S/C18H12N6O2/c25-15-7-3-1-5-11(15)17-21-13(9-19-23-17)14-10-20-24-18(22-14)12-6-2-4-8-16(12)26/h1-10,25-26H. The third-order valence-electron chi connectivity index (χ3n) is 3.67. The van der Waals surface area contributed by atoms with Crippen LogP contribution in [0.5, 0.6) is 11.5 Å². The lowest BCUT2D eigenvalue weighted by molar-refractivity contribution is 0.476. The molecule has 0 bridgehead atoms. The lowest BCUT2D eigenvalue weighted by Crippen LogP contribution is -1.99. The molecule has 2 aromatic carbocycles. The summed E-state index contributed by atoms with van der Waals surface area (Å²) in [4.78, 5) is 8.81. The highest BCUT2D eigenvalue weighted by atomic mass is 16.3. The summed E-state index contributed by atoms with van der Waals surface area (Å²) in [5.41, 5.74) is 1.77. The Morgan fingerprint density at radius 1 is 0.577 bits per heavy atom. The first-order valence-electron chi connectivity index (χ1n) is 7.69. The molecule has 2 aromatic heterocycles. The first kappa shape index (κ1) is 15.6. The summed E-state index contributed by atoms with van der Waals surface area (Å²) in [6.45, 7) is 0. The van der Waals surface area contributed by atoms with Gasteiger partial charge in [0.2, 0.25) is 0 Å². The molecule has 126 valence electrons. The number of para-hydroxylation sites is 2. The lowest BCUT2D eigenvalue weighted by atomic mass is 10.2. The predicted molar refractivity (Wildman–Crippen MR) is 92.8 cm³/mol. The molecule has 2 heterocycles. The van der Waals surface area contributed by atoms with E-state index in [-0.39, 0.29) is 23.1 Å². The molecule has 0 aliphatic heterocycles. The quantitative estimate of drug-likeness (QED) is 0.582. The van der Waals surface area contributed by atoms with Crippen LogP contribution in [0.15, 0.2) is 60.9 Å². The Bertz CT molecular complexity index is 999. The molecular formula is C18H12N6O2. The smallest absolute Gasteiger partial charge is 0.186 e. The van der Waals surface area contributed by atoms with Crippen LogP contribution in [0.25, 0.3) is 34.2 Å². The van der Waals surface area contributed by atoms with Gasteiger partial charge in [0.05, 0.1) is 23.5 Å². The Kier molecular flexibility index (Phi) is 3.91. The van der Waals surface area contributed by atoms with Gasteiger partial charge in [0.15, 0.2) is 11.6 Å². The number of benzene rings is 2. The highest BCUT2D eigenvalue weighted by Gasteiger charge is 2.13. The van der Waals surface area contributed by atoms with E-state index in [0.717, 1.165) is 0 Å². The number of nitrogens with zero attached hydrogens (tertiary/aromatic N) is 6. The Hall–Kier alpha value is -3.94. The van der Waals surface area contributed by atoms with E-state index in [2.05, 4.69) is 30.4 Å². The summed E-state index contributed by atoms with van der Waals surface area (Å²) < 4.78 is 0. The second kappa shape index (κ2) is 6.52. The third-order valence-corrected chi connectivity index (χ3v) is 3.67. The zero-order valence-electron chi connectivity index (χ0n) is 13.4. The Morgan fingerprint density at radius 2 is 1.00 bits per heavy atom. The molecule has 4 aromatic rings. The van der Waals surface area contributed by atoms with Crippen LogP contribution in [-0.2, 0) is 0 Å². The van der Waals surface area contributed by atoms with Crippen molar-refractivity contribution in [2.24, 2.45) is 0 Å². The van der Waals surface area contributed by atoms with Crippen LogP contribution in [0.1, 0.15) is 0 Å². The minimum atomic E-state index is 0.0576. The number of phenolic OH excluding ortho intramolecular Hbond substituents is 2. The van der Waals surface area contributed by atoms with Crippen molar-refractivity contribution in [3.63, 3.8) is 0 Å². The minimum Gasteiger partial charge on any atom is -0.507 e. The summed E-state index contributed by atoms with van der Waals surface area (Å²) in [6, 6.07) is 13.5. The van der Waals surface area contributed by atoms with Crippen molar-refractivity contribution < 1.29 is 10.2 Å². The van der Waals surface area contributed by atoms with Gasteiger partial charge in [0, 0.05) is 0 Å². The Labute approximate surface area is 147 Å². The van der Waals surface area contributed by atoms with Gasteiger partial charge in [0.25, 0.3) is 0 Å². The number of phenols is 2. The fraction of sp³-hybridized carbons (Fsp3) is 0. The highest BCUT2D eigenvalue weighted by Crippen LogP contribution is 2.28. The van der Waals surface area contributed by atoms with Crippen LogP contribution in [-0.4, -0.2) is 40.6 Å². The first-order valence-corrected chi connectivity index (χ1v) is 7.69. The van der Waals surface area contributed by atoms with Crippen molar-refractivity contribution in [1.82, 2.24) is 30.4 Å². The lowest BCUT2D eigenvalue weighted by Gasteiger charge is -2.06. The average molecular weight is 344 g/mol. The van der Waals surface area contributed by atoms with Gasteiger partial charge in [0.1, 0.15) is 22.9 Å². The van der Waals surface area contributed by atoms with Gasteiger partial charge in [-0.2, -0.15) is 10.2 Å². The van der Waals surface area contributed by atoms with E-state index < -0.39 is 0 Å². The normalized spacial score (nSPS) is 10.6. The van der Waals surface area contributed by atoms with Crippen molar-refractivity contribution in [1.29, 1.82) is 0 Å². The Morgan fingerprint density at radius 3 is 1.42 bits per heavy atom. The van der Waals surface area contributed by atoms with Gasteiger partial charge in [-0.1, -0.05) is 24.3 Å². The van der Waals surface area contributed by atoms with Crippen LogP contribution in [0.3, 0.4) is 0 Å². The Balaban J connectivity index is 1.78. The summed E-state index contributed by atoms with van der Waals surface area (Å²) >= 11 is 0. The predicted octanol–water partition coefficient (Wildman–Crippen LogP) is 2.47. The molecule has 0 fully saturated rings. The molecule has 0 radical (unpaired) electrons. The van der Waals surface area contributed by atoms with Gasteiger partial charge in [-0.3, -0.25) is 0 Å². The SMILES string of the molecule is Oc1ccccc1-c1nncc(-c2cnnc(-c3ccccc3O)n2)n1. The first-order chi connectivity index (χ1) is 12.7. The molecule has 0 amide bonds. The fourth-order valence-electron chi connectivity index (χ4n) is 2.41. The fourth-order valence-corrected chi connectivity index (χ4v) is 2.41. The third kappa shape index (κ3) is 2.91. The van der Waals surface area contributed by atoms with Crippen LogP contribution in [0, 0.1) is 0 Å². The molecular weight excluding hydrogens is 332 g/mol. The van der Waals surface area contributed by atoms with Gasteiger partial charge < -0.3 is 10.2 Å². The molecule has 8 nitrogen and oxygen atoms in total. The van der Waals surface area contributed by atoms with Crippen LogP contribution < -0.4 is 0 Å². The average Bonchev–Trinajstić information content (AvgIpc) is 2.69. The van der Waals surface area contributed by atoms with Crippen molar-refractivity contribution in [3.8, 4) is 45.7 Å². The van der Waals surface area contributed by atoms with E-state index in [1.807, 2.05) is 0 Å². The summed E-state index contributed by atoms with van der Waals surface area (Å²) in [5.74, 6) is 0.649. The summed E-state index contributed by atoms with van der Waals surface area (Å²) in [7, 11) is 0. The summed E-state index contributed by atoms with van der Waals surface area (Å²) in [6.07, 6.45) is 2.89. The van der Waals surface area contributed by atoms with E-state index in [9.17, 15) is 10.2 Å². The highest BCUT2D eigenvalue weighted by molar-refractivity contribution is 5.67. The maximum Gasteiger partial charge on any atom is 0.186 e. The van der Waals surface area contributed by atoms with E-state index >= 15 is 0 Å². The molecule has 2 N–H and O–H groups in total. The number of aromatic nitrogens is 6. The van der Waals surface area contributed by atoms with Gasteiger partial charge in [-0.05, 0) is 24.3 Å². The van der Waals surface area contributed by atoms with Crippen LogP contribution in [0.2, 0.25) is 0 Å². The minimum absolute atomic E-state index is 0.0576. The van der Waals surface area contributed by atoms with Crippen molar-refractivity contribution in [2.75, 3.05) is 0 Å². The van der Waals surface area contributed by atoms with Crippen LogP contribution in [0.4, 0.5) is 0 Å². The van der Waals surface area contributed by atoms with Gasteiger partial charge in [-0.15, -0.1) is 10.2 Å². The molecule has 0 atom stereocenters. The summed E-state index contributed by atoms with van der Waals surface area (Å²) in [5, 5.41) is 35.8. The maximum absolute atomic E-state index is 9.98.